The maximum Gasteiger partial charge on any atom is 0.138 e. The predicted molar refractivity (Wildman–Crippen MR) is 77.2 cm³/mol. The van der Waals surface area contributed by atoms with Crippen molar-refractivity contribution in [2.24, 2.45) is 0 Å². The van der Waals surface area contributed by atoms with Gasteiger partial charge in [0.15, 0.2) is 0 Å². The highest BCUT2D eigenvalue weighted by molar-refractivity contribution is 7.98. The van der Waals surface area contributed by atoms with Crippen LogP contribution < -0.4 is 5.32 Å². The summed E-state index contributed by atoms with van der Waals surface area (Å²) in [5.41, 5.74) is 1.01. The number of hydrogen-bond acceptors (Lipinski definition) is 4. The molecule has 96 valence electrons. The first-order chi connectivity index (χ1) is 8.16. The van der Waals surface area contributed by atoms with E-state index in [2.05, 4.69) is 35.4 Å². The molecule has 1 heterocycles. The molecule has 0 amide bonds. The second kappa shape index (κ2) is 7.77. The van der Waals surface area contributed by atoms with Crippen LogP contribution in [0.25, 0.3) is 0 Å². The van der Waals surface area contributed by atoms with Crippen LogP contribution in [0.5, 0.6) is 0 Å². The Morgan fingerprint density at radius 3 is 2.76 bits per heavy atom. The van der Waals surface area contributed by atoms with E-state index in [1.807, 2.05) is 11.8 Å². The number of thioether (sulfide) groups is 1. The van der Waals surface area contributed by atoms with Gasteiger partial charge in [-0.25, -0.2) is 9.97 Å². The average molecular weight is 274 g/mol. The van der Waals surface area contributed by atoms with Crippen LogP contribution in [0.1, 0.15) is 38.2 Å². The van der Waals surface area contributed by atoms with Gasteiger partial charge in [0, 0.05) is 12.1 Å². The molecule has 1 aromatic heterocycles. The predicted octanol–water partition coefficient (Wildman–Crippen LogP) is 3.81. The van der Waals surface area contributed by atoms with Crippen LogP contribution in [0.15, 0.2) is 6.33 Å². The molecule has 0 saturated carbocycles. The van der Waals surface area contributed by atoms with Crippen LogP contribution in [0.2, 0.25) is 5.15 Å². The van der Waals surface area contributed by atoms with E-state index in [9.17, 15) is 0 Å². The molecule has 0 unspecified atom stereocenters. The van der Waals surface area contributed by atoms with Crippen molar-refractivity contribution in [2.75, 3.05) is 23.9 Å². The molecular formula is C12H20ClN3S. The molecule has 3 nitrogen and oxygen atoms in total. The fourth-order valence-electron chi connectivity index (χ4n) is 1.60. The van der Waals surface area contributed by atoms with E-state index in [1.165, 1.54) is 18.5 Å². The lowest BCUT2D eigenvalue weighted by Crippen LogP contribution is -2.08. The average Bonchev–Trinajstić information content (AvgIpc) is 2.28. The molecule has 5 heteroatoms. The van der Waals surface area contributed by atoms with Gasteiger partial charge in [-0.15, -0.1) is 0 Å². The van der Waals surface area contributed by atoms with Gasteiger partial charge in [0.2, 0.25) is 0 Å². The summed E-state index contributed by atoms with van der Waals surface area (Å²) < 4.78 is 0. The fraction of sp³-hybridized carbons (Fsp3) is 0.667. The van der Waals surface area contributed by atoms with Crippen LogP contribution in [0.3, 0.4) is 0 Å². The second-order valence-corrected chi connectivity index (χ2v) is 5.55. The Labute approximate surface area is 113 Å². The maximum atomic E-state index is 6.09. The summed E-state index contributed by atoms with van der Waals surface area (Å²) in [7, 11) is 0. The highest BCUT2D eigenvalue weighted by Gasteiger charge is 2.12. The molecule has 0 radical (unpaired) electrons. The SMILES string of the molecule is CSCCCCNc1ncnc(Cl)c1C(C)C. The van der Waals surface area contributed by atoms with E-state index in [4.69, 9.17) is 11.6 Å². The molecule has 0 atom stereocenters. The largest absolute Gasteiger partial charge is 0.370 e. The van der Waals surface area contributed by atoms with Crippen molar-refractivity contribution in [1.82, 2.24) is 9.97 Å². The van der Waals surface area contributed by atoms with Crippen molar-refractivity contribution in [3.63, 3.8) is 0 Å². The van der Waals surface area contributed by atoms with Crippen LogP contribution in [-0.2, 0) is 0 Å². The van der Waals surface area contributed by atoms with Gasteiger partial charge in [0.05, 0.1) is 0 Å². The standard InChI is InChI=1S/C12H20ClN3S/c1-9(2)10-11(13)15-8-16-12(10)14-6-4-5-7-17-3/h8-9H,4-7H2,1-3H3,(H,14,15,16). The van der Waals surface area contributed by atoms with Crippen molar-refractivity contribution in [1.29, 1.82) is 0 Å². The molecule has 1 aromatic rings. The van der Waals surface area contributed by atoms with Gasteiger partial charge in [-0.05, 0) is 30.8 Å². The van der Waals surface area contributed by atoms with E-state index in [1.54, 1.807) is 0 Å². The minimum absolute atomic E-state index is 0.331. The third kappa shape index (κ3) is 4.72. The molecule has 0 aliphatic carbocycles. The van der Waals surface area contributed by atoms with Crippen molar-refractivity contribution >= 4 is 29.2 Å². The first-order valence-corrected chi connectivity index (χ1v) is 7.67. The van der Waals surface area contributed by atoms with E-state index in [0.29, 0.717) is 11.1 Å². The first-order valence-electron chi connectivity index (χ1n) is 5.90. The molecule has 0 aliphatic rings. The van der Waals surface area contributed by atoms with Crippen molar-refractivity contribution in [3.05, 3.63) is 17.0 Å². The van der Waals surface area contributed by atoms with Crippen LogP contribution in [0.4, 0.5) is 5.82 Å². The summed E-state index contributed by atoms with van der Waals surface area (Å²) in [5, 5.41) is 3.91. The normalized spacial score (nSPS) is 10.9. The van der Waals surface area contributed by atoms with Gasteiger partial charge in [-0.1, -0.05) is 25.4 Å². The Balaban J connectivity index is 2.55. The number of unbranched alkanes of at least 4 members (excludes halogenated alkanes) is 1. The minimum Gasteiger partial charge on any atom is -0.370 e. The van der Waals surface area contributed by atoms with Gasteiger partial charge in [0.25, 0.3) is 0 Å². The molecule has 1 N–H and O–H groups in total. The number of rotatable bonds is 7. The molecule has 0 bridgehead atoms. The quantitative estimate of drug-likeness (QED) is 0.606. The van der Waals surface area contributed by atoms with Crippen molar-refractivity contribution in [3.8, 4) is 0 Å². The summed E-state index contributed by atoms with van der Waals surface area (Å²) in [5.74, 6) is 2.42. The molecule has 0 aromatic carbocycles. The monoisotopic (exact) mass is 273 g/mol. The molecule has 1 rings (SSSR count). The van der Waals surface area contributed by atoms with Crippen molar-refractivity contribution in [2.45, 2.75) is 32.6 Å². The molecule has 0 fully saturated rings. The third-order valence-electron chi connectivity index (χ3n) is 2.48. The molecule has 0 spiro atoms. The summed E-state index contributed by atoms with van der Waals surface area (Å²) in [4.78, 5) is 8.30. The first kappa shape index (κ1) is 14.6. The number of aromatic nitrogens is 2. The molecule has 17 heavy (non-hydrogen) atoms. The zero-order valence-corrected chi connectivity index (χ0v) is 12.2. The zero-order valence-electron chi connectivity index (χ0n) is 10.7. The molecule has 0 saturated heterocycles. The summed E-state index contributed by atoms with van der Waals surface area (Å²) in [6.45, 7) is 5.14. The van der Waals surface area contributed by atoms with Gasteiger partial charge in [-0.3, -0.25) is 0 Å². The fourth-order valence-corrected chi connectivity index (χ4v) is 2.45. The Morgan fingerprint density at radius 1 is 1.35 bits per heavy atom. The maximum absolute atomic E-state index is 6.09. The van der Waals surface area contributed by atoms with Crippen LogP contribution in [-0.4, -0.2) is 28.5 Å². The van der Waals surface area contributed by atoms with Gasteiger partial charge < -0.3 is 5.32 Å². The van der Waals surface area contributed by atoms with E-state index in [0.717, 1.165) is 24.3 Å². The lowest BCUT2D eigenvalue weighted by atomic mass is 10.1. The third-order valence-corrected chi connectivity index (χ3v) is 3.48. The summed E-state index contributed by atoms with van der Waals surface area (Å²) in [6.07, 6.45) is 6.02. The van der Waals surface area contributed by atoms with Gasteiger partial charge in [0.1, 0.15) is 17.3 Å². The Hall–Kier alpha value is -0.480. The van der Waals surface area contributed by atoms with E-state index >= 15 is 0 Å². The smallest absolute Gasteiger partial charge is 0.138 e. The number of anilines is 1. The highest BCUT2D eigenvalue weighted by atomic mass is 35.5. The molecule has 0 aliphatic heterocycles. The van der Waals surface area contributed by atoms with Gasteiger partial charge >= 0.3 is 0 Å². The second-order valence-electron chi connectivity index (χ2n) is 4.21. The highest BCUT2D eigenvalue weighted by Crippen LogP contribution is 2.27. The van der Waals surface area contributed by atoms with Gasteiger partial charge in [-0.2, -0.15) is 11.8 Å². The zero-order chi connectivity index (χ0) is 12.7. The Kier molecular flexibility index (Phi) is 6.66. The van der Waals surface area contributed by atoms with E-state index in [-0.39, 0.29) is 0 Å². The van der Waals surface area contributed by atoms with E-state index < -0.39 is 0 Å². The Morgan fingerprint density at radius 2 is 2.12 bits per heavy atom. The number of nitrogens with one attached hydrogen (secondary N) is 1. The van der Waals surface area contributed by atoms with Crippen LogP contribution in [0, 0.1) is 0 Å². The number of hydrogen-bond donors (Lipinski definition) is 1. The summed E-state index contributed by atoms with van der Waals surface area (Å²) >= 11 is 7.98. The topological polar surface area (TPSA) is 37.8 Å². The number of nitrogens with zero attached hydrogens (tertiary/aromatic N) is 2. The van der Waals surface area contributed by atoms with Crippen molar-refractivity contribution < 1.29 is 0 Å². The number of halogens is 1. The lowest BCUT2D eigenvalue weighted by Gasteiger charge is -2.14. The molecular weight excluding hydrogens is 254 g/mol. The Bertz CT molecular complexity index is 345. The lowest BCUT2D eigenvalue weighted by molar-refractivity contribution is 0.817. The van der Waals surface area contributed by atoms with Crippen LogP contribution >= 0.6 is 23.4 Å². The summed E-state index contributed by atoms with van der Waals surface area (Å²) in [6, 6.07) is 0. The minimum atomic E-state index is 0.331.